The molecule has 0 fully saturated rings. The van der Waals surface area contributed by atoms with Crippen LogP contribution in [0.2, 0.25) is 0 Å². The van der Waals surface area contributed by atoms with Gasteiger partial charge in [0.05, 0.1) is 17.9 Å². The Morgan fingerprint density at radius 3 is 2.88 bits per heavy atom. The monoisotopic (exact) mass is 337 g/mol. The molecule has 0 spiro atoms. The van der Waals surface area contributed by atoms with E-state index in [1.807, 2.05) is 23.9 Å². The van der Waals surface area contributed by atoms with Crippen LogP contribution in [0.1, 0.15) is 12.6 Å². The van der Waals surface area contributed by atoms with Gasteiger partial charge in [0.2, 0.25) is 0 Å². The first-order valence-corrected chi connectivity index (χ1v) is 7.90. The summed E-state index contributed by atoms with van der Waals surface area (Å²) in [6, 6.07) is 4.86. The standard InChI is InChI=1S/C17H16FN7/c1-2-25-15(5-7-22-25)11-8-21-17(19)16-12(11)9-24(23-16)10-14-13(18)4-3-6-20-14/h3-9H,2,10H2,1H3,(H2,19,21). The van der Waals surface area contributed by atoms with E-state index in [-0.39, 0.29) is 12.4 Å². The molecular weight excluding hydrogens is 321 g/mol. The van der Waals surface area contributed by atoms with Crippen molar-refractivity contribution in [3.05, 3.63) is 54.5 Å². The van der Waals surface area contributed by atoms with Crippen LogP contribution >= 0.6 is 0 Å². The van der Waals surface area contributed by atoms with Crippen LogP contribution in [-0.4, -0.2) is 29.5 Å². The lowest BCUT2D eigenvalue weighted by molar-refractivity contribution is 0.572. The molecule has 0 aliphatic heterocycles. The zero-order valence-corrected chi connectivity index (χ0v) is 13.6. The van der Waals surface area contributed by atoms with Gasteiger partial charge in [-0.25, -0.2) is 9.37 Å². The smallest absolute Gasteiger partial charge is 0.151 e. The maximum absolute atomic E-state index is 13.9. The molecule has 0 amide bonds. The van der Waals surface area contributed by atoms with E-state index < -0.39 is 0 Å². The number of nitrogen functional groups attached to an aromatic ring is 1. The predicted molar refractivity (Wildman–Crippen MR) is 92.1 cm³/mol. The van der Waals surface area contributed by atoms with Crippen LogP contribution in [0.15, 0.2) is 43.0 Å². The minimum atomic E-state index is -0.363. The molecule has 2 N–H and O–H groups in total. The number of hydrogen-bond donors (Lipinski definition) is 1. The molecule has 0 aliphatic carbocycles. The van der Waals surface area contributed by atoms with E-state index in [4.69, 9.17) is 5.73 Å². The zero-order chi connectivity index (χ0) is 17.4. The van der Waals surface area contributed by atoms with Crippen molar-refractivity contribution in [1.29, 1.82) is 0 Å². The van der Waals surface area contributed by atoms with Crippen molar-refractivity contribution in [1.82, 2.24) is 29.5 Å². The fraction of sp³-hybridized carbons (Fsp3) is 0.176. The number of aryl methyl sites for hydroxylation is 1. The molecule has 4 aromatic heterocycles. The van der Waals surface area contributed by atoms with Gasteiger partial charge in [-0.1, -0.05) is 0 Å². The maximum Gasteiger partial charge on any atom is 0.151 e. The Labute approximate surface area is 142 Å². The molecule has 0 unspecified atom stereocenters. The van der Waals surface area contributed by atoms with Crippen molar-refractivity contribution < 1.29 is 4.39 Å². The van der Waals surface area contributed by atoms with Gasteiger partial charge >= 0.3 is 0 Å². The molecule has 0 bridgehead atoms. The van der Waals surface area contributed by atoms with Crippen molar-refractivity contribution in [3.8, 4) is 11.3 Å². The number of aromatic nitrogens is 6. The van der Waals surface area contributed by atoms with Crippen LogP contribution in [0.25, 0.3) is 22.2 Å². The Morgan fingerprint density at radius 1 is 1.20 bits per heavy atom. The van der Waals surface area contributed by atoms with Gasteiger partial charge in [-0.05, 0) is 25.1 Å². The SMILES string of the molecule is CCn1nccc1-c1cnc(N)c2nn(Cc3ncccc3F)cc12. The highest BCUT2D eigenvalue weighted by molar-refractivity contribution is 5.97. The van der Waals surface area contributed by atoms with Gasteiger partial charge in [-0.2, -0.15) is 10.2 Å². The molecule has 0 radical (unpaired) electrons. The van der Waals surface area contributed by atoms with Crippen molar-refractivity contribution in [2.75, 3.05) is 5.73 Å². The first-order valence-electron chi connectivity index (χ1n) is 7.90. The lowest BCUT2D eigenvalue weighted by Gasteiger charge is -2.06. The second-order valence-corrected chi connectivity index (χ2v) is 5.61. The molecule has 25 heavy (non-hydrogen) atoms. The van der Waals surface area contributed by atoms with Crippen molar-refractivity contribution in [3.63, 3.8) is 0 Å². The molecule has 4 rings (SSSR count). The average Bonchev–Trinajstić information content (AvgIpc) is 3.24. The highest BCUT2D eigenvalue weighted by Gasteiger charge is 2.15. The van der Waals surface area contributed by atoms with Crippen molar-refractivity contribution in [2.45, 2.75) is 20.0 Å². The number of nitrogens with zero attached hydrogens (tertiary/aromatic N) is 6. The van der Waals surface area contributed by atoms with E-state index in [9.17, 15) is 4.39 Å². The minimum absolute atomic E-state index is 0.216. The third-order valence-electron chi connectivity index (χ3n) is 4.07. The topological polar surface area (TPSA) is 87.4 Å². The van der Waals surface area contributed by atoms with E-state index in [0.717, 1.165) is 23.2 Å². The van der Waals surface area contributed by atoms with Gasteiger partial charge in [-0.3, -0.25) is 14.3 Å². The lowest BCUT2D eigenvalue weighted by atomic mass is 10.1. The molecule has 126 valence electrons. The maximum atomic E-state index is 13.9. The summed E-state index contributed by atoms with van der Waals surface area (Å²) in [4.78, 5) is 8.32. The Bertz CT molecular complexity index is 1050. The summed E-state index contributed by atoms with van der Waals surface area (Å²) in [7, 11) is 0. The number of nitrogens with two attached hydrogens (primary N) is 1. The van der Waals surface area contributed by atoms with Gasteiger partial charge in [0, 0.05) is 42.3 Å². The van der Waals surface area contributed by atoms with Crippen LogP contribution in [0, 0.1) is 5.82 Å². The molecule has 0 atom stereocenters. The average molecular weight is 337 g/mol. The first-order chi connectivity index (χ1) is 12.2. The Kier molecular flexibility index (Phi) is 3.64. The van der Waals surface area contributed by atoms with Gasteiger partial charge in [0.25, 0.3) is 0 Å². The predicted octanol–water partition coefficient (Wildman–Crippen LogP) is 2.48. The molecule has 0 saturated heterocycles. The summed E-state index contributed by atoms with van der Waals surface area (Å²) in [5.74, 6) is -0.0287. The van der Waals surface area contributed by atoms with E-state index in [2.05, 4.69) is 20.2 Å². The molecule has 7 nitrogen and oxygen atoms in total. The largest absolute Gasteiger partial charge is 0.382 e. The molecule has 8 heteroatoms. The van der Waals surface area contributed by atoms with Crippen LogP contribution < -0.4 is 5.73 Å². The van der Waals surface area contributed by atoms with Crippen LogP contribution in [-0.2, 0) is 13.1 Å². The van der Waals surface area contributed by atoms with E-state index in [0.29, 0.717) is 17.0 Å². The number of rotatable bonds is 4. The van der Waals surface area contributed by atoms with E-state index >= 15 is 0 Å². The summed E-state index contributed by atoms with van der Waals surface area (Å²) in [6.45, 7) is 2.97. The number of hydrogen-bond acceptors (Lipinski definition) is 5. The van der Waals surface area contributed by atoms with Crippen LogP contribution in [0.3, 0.4) is 0 Å². The molecular formula is C17H16FN7. The van der Waals surface area contributed by atoms with E-state index in [1.165, 1.54) is 6.07 Å². The Balaban J connectivity index is 1.84. The molecule has 4 aromatic rings. The quantitative estimate of drug-likeness (QED) is 0.618. The van der Waals surface area contributed by atoms with Gasteiger partial charge in [0.15, 0.2) is 5.82 Å². The summed E-state index contributed by atoms with van der Waals surface area (Å²) < 4.78 is 17.4. The molecule has 0 aliphatic rings. The van der Waals surface area contributed by atoms with Crippen LogP contribution in [0.4, 0.5) is 10.2 Å². The summed E-state index contributed by atoms with van der Waals surface area (Å²) >= 11 is 0. The van der Waals surface area contributed by atoms with Gasteiger partial charge in [-0.15, -0.1) is 0 Å². The molecule has 4 heterocycles. The van der Waals surface area contributed by atoms with Gasteiger partial charge in [0.1, 0.15) is 11.3 Å². The molecule has 0 aromatic carbocycles. The fourth-order valence-corrected chi connectivity index (χ4v) is 2.86. The Morgan fingerprint density at radius 2 is 2.08 bits per heavy atom. The summed E-state index contributed by atoms with van der Waals surface area (Å²) in [5.41, 5.74) is 8.71. The number of anilines is 1. The minimum Gasteiger partial charge on any atom is -0.382 e. The Hall–Kier alpha value is -3.29. The highest BCUT2D eigenvalue weighted by Crippen LogP contribution is 2.30. The number of fused-ring (bicyclic) bond motifs is 1. The zero-order valence-electron chi connectivity index (χ0n) is 13.6. The number of halogens is 1. The van der Waals surface area contributed by atoms with Crippen molar-refractivity contribution >= 4 is 16.7 Å². The fourth-order valence-electron chi connectivity index (χ4n) is 2.86. The second kappa shape index (κ2) is 5.97. The number of pyridine rings is 2. The van der Waals surface area contributed by atoms with Crippen LogP contribution in [0.5, 0.6) is 0 Å². The normalized spacial score (nSPS) is 11.3. The highest BCUT2D eigenvalue weighted by atomic mass is 19.1. The van der Waals surface area contributed by atoms with E-state index in [1.54, 1.807) is 29.3 Å². The molecule has 0 saturated carbocycles. The first kappa shape index (κ1) is 15.3. The lowest BCUT2D eigenvalue weighted by Crippen LogP contribution is -2.04. The summed E-state index contributed by atoms with van der Waals surface area (Å²) in [6.07, 6.45) is 6.86. The third kappa shape index (κ3) is 2.61. The second-order valence-electron chi connectivity index (χ2n) is 5.61. The summed E-state index contributed by atoms with van der Waals surface area (Å²) in [5, 5.41) is 9.61. The van der Waals surface area contributed by atoms with Crippen molar-refractivity contribution in [2.24, 2.45) is 0 Å². The third-order valence-corrected chi connectivity index (χ3v) is 4.07. The van der Waals surface area contributed by atoms with Gasteiger partial charge < -0.3 is 5.73 Å².